The third-order valence-corrected chi connectivity index (χ3v) is 6.35. The summed E-state index contributed by atoms with van der Waals surface area (Å²) in [5.41, 5.74) is 0.737. The predicted octanol–water partition coefficient (Wildman–Crippen LogP) is 6.78. The van der Waals surface area contributed by atoms with E-state index in [2.05, 4.69) is 10.6 Å². The smallest absolute Gasteiger partial charge is 0.407 e. The maximum absolute atomic E-state index is 12.8. The molecule has 0 fully saturated rings. The zero-order valence-electron chi connectivity index (χ0n) is 27.7. The lowest BCUT2D eigenvalue weighted by molar-refractivity contribution is 0.0406. The van der Waals surface area contributed by atoms with Gasteiger partial charge >= 0.3 is 12.2 Å². The van der Waals surface area contributed by atoms with Crippen molar-refractivity contribution in [1.82, 2.24) is 10.6 Å². The summed E-state index contributed by atoms with van der Waals surface area (Å²) < 4.78 is 33.3. The molecule has 0 saturated carbocycles. The number of hydrogen-bond acceptors (Lipinski definition) is 8. The molecule has 0 aliphatic heterocycles. The Hall–Kier alpha value is -3.50. The highest BCUT2D eigenvalue weighted by atomic mass is 16.6. The van der Waals surface area contributed by atoms with Gasteiger partial charge < -0.3 is 39.1 Å². The number of rotatable bonds is 17. The van der Waals surface area contributed by atoms with E-state index < -0.39 is 35.5 Å². The average molecular weight is 617 g/mol. The van der Waals surface area contributed by atoms with E-state index in [9.17, 15) is 9.59 Å². The first-order valence-corrected chi connectivity index (χ1v) is 15.2. The number of amides is 2. The first kappa shape index (κ1) is 36.7. The molecule has 2 aromatic rings. The van der Waals surface area contributed by atoms with Crippen LogP contribution in [0.4, 0.5) is 9.59 Å². The highest BCUT2D eigenvalue weighted by Crippen LogP contribution is 2.17. The van der Waals surface area contributed by atoms with E-state index in [1.807, 2.05) is 90.1 Å². The van der Waals surface area contributed by atoms with Gasteiger partial charge in [-0.25, -0.2) is 9.59 Å². The van der Waals surface area contributed by atoms with E-state index in [4.69, 9.17) is 28.4 Å². The lowest BCUT2D eigenvalue weighted by atomic mass is 9.98. The third-order valence-electron chi connectivity index (χ3n) is 6.35. The summed E-state index contributed by atoms with van der Waals surface area (Å²) in [5, 5.41) is 5.97. The Kier molecular flexibility index (Phi) is 15.3. The fraction of sp³-hybridized carbons (Fsp3) is 0.588. The lowest BCUT2D eigenvalue weighted by Gasteiger charge is -2.31. The van der Waals surface area contributed by atoms with Crippen molar-refractivity contribution in [1.29, 1.82) is 0 Å². The molecule has 0 heterocycles. The van der Waals surface area contributed by atoms with Gasteiger partial charge in [-0.2, -0.15) is 0 Å². The van der Waals surface area contributed by atoms with Crippen LogP contribution in [0.1, 0.15) is 78.4 Å². The van der Waals surface area contributed by atoms with Crippen LogP contribution in [-0.2, 0) is 32.2 Å². The fourth-order valence-electron chi connectivity index (χ4n) is 4.30. The van der Waals surface area contributed by atoms with E-state index in [1.54, 1.807) is 14.2 Å². The Morgan fingerprint density at radius 2 is 0.955 bits per heavy atom. The zero-order valence-corrected chi connectivity index (χ0v) is 27.7. The van der Waals surface area contributed by atoms with Gasteiger partial charge in [0, 0.05) is 13.2 Å². The molecule has 0 aromatic heterocycles. The number of nitrogens with one attached hydrogen (secondary N) is 2. The molecular formula is C34H52N2O8. The number of methoxy groups -OCH3 is 2. The van der Waals surface area contributed by atoms with Gasteiger partial charge in [0.05, 0.1) is 39.5 Å². The minimum atomic E-state index is -0.667. The summed E-state index contributed by atoms with van der Waals surface area (Å²) in [5.74, 6) is 1.58. The molecule has 2 atom stereocenters. The van der Waals surface area contributed by atoms with Crippen molar-refractivity contribution in [3.63, 3.8) is 0 Å². The average Bonchev–Trinajstić information content (AvgIpc) is 2.94. The SMILES string of the molecule is COc1ccc(COCCC[C@@H](NC(=O)OC(C)(C)C)[C@@H](CCCOCc2ccc(OC)cc2)NC(=O)OC(C)(C)C)cc1. The first-order chi connectivity index (χ1) is 20.8. The van der Waals surface area contributed by atoms with E-state index >= 15 is 0 Å². The van der Waals surface area contributed by atoms with E-state index in [-0.39, 0.29) is 0 Å². The Balaban J connectivity index is 2.03. The molecule has 2 rings (SSSR count). The van der Waals surface area contributed by atoms with Crippen molar-refractivity contribution in [2.45, 2.75) is 104 Å². The second-order valence-corrected chi connectivity index (χ2v) is 12.6. The summed E-state index contributed by atoms with van der Waals surface area (Å²) in [6.45, 7) is 12.7. The van der Waals surface area contributed by atoms with Gasteiger partial charge in [0.1, 0.15) is 22.7 Å². The van der Waals surface area contributed by atoms with Gasteiger partial charge in [0.2, 0.25) is 0 Å². The maximum Gasteiger partial charge on any atom is 0.407 e. The number of alkyl carbamates (subject to hydrolysis) is 2. The van der Waals surface area contributed by atoms with Gasteiger partial charge in [-0.1, -0.05) is 24.3 Å². The van der Waals surface area contributed by atoms with Crippen LogP contribution in [0.15, 0.2) is 48.5 Å². The van der Waals surface area contributed by atoms with E-state index in [1.165, 1.54) is 0 Å². The molecule has 0 bridgehead atoms. The Morgan fingerprint density at radius 3 is 1.25 bits per heavy atom. The van der Waals surface area contributed by atoms with E-state index in [0.717, 1.165) is 22.6 Å². The molecule has 0 spiro atoms. The minimum Gasteiger partial charge on any atom is -0.497 e. The lowest BCUT2D eigenvalue weighted by Crippen LogP contribution is -2.53. The second-order valence-electron chi connectivity index (χ2n) is 12.6. The number of hydrogen-bond donors (Lipinski definition) is 2. The number of carbonyl (C=O) groups is 2. The molecule has 10 heteroatoms. The summed E-state index contributed by atoms with van der Waals surface area (Å²) in [6.07, 6.45) is 1.31. The van der Waals surface area contributed by atoms with Crippen molar-refractivity contribution < 1.29 is 38.0 Å². The largest absolute Gasteiger partial charge is 0.497 e. The van der Waals surface area contributed by atoms with Crippen LogP contribution >= 0.6 is 0 Å². The predicted molar refractivity (Wildman–Crippen MR) is 170 cm³/mol. The molecule has 44 heavy (non-hydrogen) atoms. The fourth-order valence-corrected chi connectivity index (χ4v) is 4.30. The Morgan fingerprint density at radius 1 is 0.614 bits per heavy atom. The number of ether oxygens (including phenoxy) is 6. The standard InChI is InChI=1S/C34H52N2O8/c1-33(2,3)43-31(37)35-29(11-9-21-41-23-25-13-17-27(39-7)18-14-25)30(36-32(38)44-34(4,5)6)12-10-22-42-24-26-15-19-28(40-8)20-16-26/h13-20,29-30H,9-12,21-24H2,1-8H3,(H,35,37)(H,36,38)/t29-,30-/m1/s1. The first-order valence-electron chi connectivity index (χ1n) is 15.2. The second kappa shape index (κ2) is 18.3. The van der Waals surface area contributed by atoms with Crippen molar-refractivity contribution in [2.24, 2.45) is 0 Å². The Bertz CT molecular complexity index is 1020. The quantitative estimate of drug-likeness (QED) is 0.187. The van der Waals surface area contributed by atoms with Crippen molar-refractivity contribution in [3.8, 4) is 11.5 Å². The Labute approximate surface area is 263 Å². The molecular weight excluding hydrogens is 564 g/mol. The normalized spacial score (nSPS) is 13.0. The molecule has 0 aliphatic rings. The van der Waals surface area contributed by atoms with Crippen LogP contribution in [0, 0.1) is 0 Å². The van der Waals surface area contributed by atoms with Gasteiger partial charge in [0.25, 0.3) is 0 Å². The third kappa shape index (κ3) is 15.8. The van der Waals surface area contributed by atoms with Gasteiger partial charge in [-0.15, -0.1) is 0 Å². The molecule has 0 radical (unpaired) electrons. The molecule has 2 amide bonds. The molecule has 0 aliphatic carbocycles. The number of benzene rings is 2. The van der Waals surface area contributed by atoms with Gasteiger partial charge in [0.15, 0.2) is 0 Å². The topological polar surface area (TPSA) is 114 Å². The molecule has 246 valence electrons. The summed E-state index contributed by atoms with van der Waals surface area (Å²) in [6, 6.07) is 14.6. The maximum atomic E-state index is 12.8. The van der Waals surface area contributed by atoms with E-state index in [0.29, 0.717) is 52.1 Å². The number of carbonyl (C=O) groups excluding carboxylic acids is 2. The zero-order chi connectivity index (χ0) is 32.6. The summed E-state index contributed by atoms with van der Waals surface area (Å²) in [4.78, 5) is 25.7. The van der Waals surface area contributed by atoms with Crippen LogP contribution in [0.2, 0.25) is 0 Å². The molecule has 0 unspecified atom stereocenters. The molecule has 10 nitrogen and oxygen atoms in total. The summed E-state index contributed by atoms with van der Waals surface area (Å²) in [7, 11) is 3.27. The van der Waals surface area contributed by atoms with Crippen molar-refractivity contribution >= 4 is 12.2 Å². The van der Waals surface area contributed by atoms with Crippen LogP contribution in [-0.4, -0.2) is 62.9 Å². The minimum absolute atomic E-state index is 0.427. The summed E-state index contributed by atoms with van der Waals surface area (Å²) >= 11 is 0. The molecule has 0 saturated heterocycles. The van der Waals surface area contributed by atoms with Gasteiger partial charge in [-0.05, 0) is 103 Å². The van der Waals surface area contributed by atoms with Crippen molar-refractivity contribution in [2.75, 3.05) is 27.4 Å². The molecule has 2 N–H and O–H groups in total. The monoisotopic (exact) mass is 616 g/mol. The van der Waals surface area contributed by atoms with Crippen molar-refractivity contribution in [3.05, 3.63) is 59.7 Å². The van der Waals surface area contributed by atoms with Gasteiger partial charge in [-0.3, -0.25) is 0 Å². The highest BCUT2D eigenvalue weighted by molar-refractivity contribution is 5.70. The van der Waals surface area contributed by atoms with Crippen LogP contribution in [0.5, 0.6) is 11.5 Å². The molecule has 2 aromatic carbocycles. The van der Waals surface area contributed by atoms with Crippen LogP contribution < -0.4 is 20.1 Å². The van der Waals surface area contributed by atoms with Crippen LogP contribution in [0.25, 0.3) is 0 Å². The highest BCUT2D eigenvalue weighted by Gasteiger charge is 2.28. The van der Waals surface area contributed by atoms with Crippen LogP contribution in [0.3, 0.4) is 0 Å².